The van der Waals surface area contributed by atoms with Crippen LogP contribution in [0.2, 0.25) is 0 Å². The van der Waals surface area contributed by atoms with Crippen molar-refractivity contribution < 1.29 is 5.11 Å². The molecule has 16 heavy (non-hydrogen) atoms. The SMILES string of the molecule is Nc1nccn1CC(O)CN1CCCCC1. The second-order valence-corrected chi connectivity index (χ2v) is 4.45. The highest BCUT2D eigenvalue weighted by molar-refractivity contribution is 5.16. The first kappa shape index (κ1) is 11.4. The average Bonchev–Trinajstić information content (AvgIpc) is 2.66. The van der Waals surface area contributed by atoms with E-state index in [9.17, 15) is 5.11 Å². The lowest BCUT2D eigenvalue weighted by molar-refractivity contribution is 0.0887. The molecule has 0 spiro atoms. The molecule has 0 amide bonds. The minimum atomic E-state index is -0.366. The predicted molar refractivity (Wildman–Crippen MR) is 62.9 cm³/mol. The van der Waals surface area contributed by atoms with Crippen molar-refractivity contribution in [3.8, 4) is 0 Å². The monoisotopic (exact) mass is 224 g/mol. The van der Waals surface area contributed by atoms with Crippen LogP contribution in [0.15, 0.2) is 12.4 Å². The van der Waals surface area contributed by atoms with Crippen LogP contribution in [0, 0.1) is 0 Å². The van der Waals surface area contributed by atoms with Crippen LogP contribution in [0.1, 0.15) is 19.3 Å². The van der Waals surface area contributed by atoms with Crippen LogP contribution in [0.3, 0.4) is 0 Å². The van der Waals surface area contributed by atoms with E-state index >= 15 is 0 Å². The molecular weight excluding hydrogens is 204 g/mol. The van der Waals surface area contributed by atoms with E-state index in [0.717, 1.165) is 19.6 Å². The first-order valence-corrected chi connectivity index (χ1v) is 5.93. The number of rotatable bonds is 4. The van der Waals surface area contributed by atoms with Crippen molar-refractivity contribution in [2.45, 2.75) is 31.9 Å². The molecule has 1 unspecified atom stereocenters. The summed E-state index contributed by atoms with van der Waals surface area (Å²) in [6, 6.07) is 0. The van der Waals surface area contributed by atoms with Crippen LogP contribution < -0.4 is 5.73 Å². The number of imidazole rings is 1. The molecule has 1 atom stereocenters. The number of β-amino-alcohol motifs (C(OH)–C–C–N with tert-alkyl or cyclic N) is 1. The van der Waals surface area contributed by atoms with Crippen LogP contribution >= 0.6 is 0 Å². The number of aliphatic hydroxyl groups excluding tert-OH is 1. The van der Waals surface area contributed by atoms with Crippen molar-refractivity contribution in [1.29, 1.82) is 0 Å². The number of aromatic nitrogens is 2. The Kier molecular flexibility index (Phi) is 3.79. The molecule has 1 aromatic rings. The van der Waals surface area contributed by atoms with E-state index in [-0.39, 0.29) is 6.10 Å². The third-order valence-electron chi connectivity index (χ3n) is 3.07. The van der Waals surface area contributed by atoms with Crippen molar-refractivity contribution in [2.24, 2.45) is 0 Å². The zero-order chi connectivity index (χ0) is 11.4. The number of hydrogen-bond donors (Lipinski definition) is 2. The zero-order valence-electron chi connectivity index (χ0n) is 9.55. The lowest BCUT2D eigenvalue weighted by Crippen LogP contribution is -2.38. The number of nitrogens with two attached hydrogens (primary N) is 1. The minimum Gasteiger partial charge on any atom is -0.390 e. The van der Waals surface area contributed by atoms with Crippen molar-refractivity contribution in [3.05, 3.63) is 12.4 Å². The first-order chi connectivity index (χ1) is 7.75. The largest absolute Gasteiger partial charge is 0.390 e. The molecule has 90 valence electrons. The summed E-state index contributed by atoms with van der Waals surface area (Å²) in [5.74, 6) is 0.470. The Balaban J connectivity index is 1.79. The standard InChI is InChI=1S/C11H20N4O/c12-11-13-4-7-15(11)9-10(16)8-14-5-2-1-3-6-14/h4,7,10,16H,1-3,5-6,8-9H2,(H2,12,13). The number of likely N-dealkylation sites (tertiary alicyclic amines) is 1. The van der Waals surface area contributed by atoms with Gasteiger partial charge in [-0.1, -0.05) is 6.42 Å². The average molecular weight is 224 g/mol. The van der Waals surface area contributed by atoms with Gasteiger partial charge in [0.1, 0.15) is 0 Å². The summed E-state index contributed by atoms with van der Waals surface area (Å²) < 4.78 is 1.79. The molecule has 5 nitrogen and oxygen atoms in total. The molecule has 1 aromatic heterocycles. The molecule has 0 radical (unpaired) electrons. The number of nitrogen functional groups attached to an aromatic ring is 1. The van der Waals surface area contributed by atoms with Gasteiger partial charge < -0.3 is 20.3 Å². The quantitative estimate of drug-likeness (QED) is 0.772. The summed E-state index contributed by atoms with van der Waals surface area (Å²) in [4.78, 5) is 6.25. The molecule has 1 aliphatic heterocycles. The third kappa shape index (κ3) is 2.96. The molecule has 5 heteroatoms. The normalized spacial score (nSPS) is 19.8. The predicted octanol–water partition coefficient (Wildman–Crippen LogP) is 0.312. The molecular formula is C11H20N4O. The van der Waals surface area contributed by atoms with Crippen LogP contribution in [-0.4, -0.2) is 45.3 Å². The molecule has 1 fully saturated rings. The topological polar surface area (TPSA) is 67.3 Å². The maximum absolute atomic E-state index is 9.95. The fraction of sp³-hybridized carbons (Fsp3) is 0.727. The number of anilines is 1. The second-order valence-electron chi connectivity index (χ2n) is 4.45. The maximum Gasteiger partial charge on any atom is 0.200 e. The molecule has 3 N–H and O–H groups in total. The lowest BCUT2D eigenvalue weighted by atomic mass is 10.1. The van der Waals surface area contributed by atoms with E-state index in [0.29, 0.717) is 12.5 Å². The number of aliphatic hydroxyl groups is 1. The summed E-state index contributed by atoms with van der Waals surface area (Å²) in [5.41, 5.74) is 5.65. The zero-order valence-corrected chi connectivity index (χ0v) is 9.55. The lowest BCUT2D eigenvalue weighted by Gasteiger charge is -2.28. The summed E-state index contributed by atoms with van der Waals surface area (Å²) in [5, 5.41) is 9.95. The van der Waals surface area contributed by atoms with E-state index in [1.807, 2.05) is 0 Å². The summed E-state index contributed by atoms with van der Waals surface area (Å²) in [6.45, 7) is 3.48. The van der Waals surface area contributed by atoms with Crippen molar-refractivity contribution in [2.75, 3.05) is 25.4 Å². The fourth-order valence-electron chi connectivity index (χ4n) is 2.22. The van der Waals surface area contributed by atoms with E-state index in [2.05, 4.69) is 9.88 Å². The Morgan fingerprint density at radius 3 is 2.69 bits per heavy atom. The van der Waals surface area contributed by atoms with Gasteiger partial charge in [-0.05, 0) is 25.9 Å². The number of nitrogens with zero attached hydrogens (tertiary/aromatic N) is 3. The van der Waals surface area contributed by atoms with Gasteiger partial charge in [0.05, 0.1) is 12.6 Å². The van der Waals surface area contributed by atoms with Gasteiger partial charge in [0, 0.05) is 18.9 Å². The van der Waals surface area contributed by atoms with Gasteiger partial charge in [-0.25, -0.2) is 4.98 Å². The number of hydrogen-bond acceptors (Lipinski definition) is 4. The first-order valence-electron chi connectivity index (χ1n) is 5.93. The highest BCUT2D eigenvalue weighted by atomic mass is 16.3. The van der Waals surface area contributed by atoms with E-state index in [4.69, 9.17) is 5.73 Å². The van der Waals surface area contributed by atoms with Crippen LogP contribution in [0.4, 0.5) is 5.95 Å². The summed E-state index contributed by atoms with van der Waals surface area (Å²) >= 11 is 0. The van der Waals surface area contributed by atoms with Gasteiger partial charge in [0.2, 0.25) is 0 Å². The van der Waals surface area contributed by atoms with Crippen LogP contribution in [-0.2, 0) is 6.54 Å². The summed E-state index contributed by atoms with van der Waals surface area (Å²) in [6.07, 6.45) is 6.91. The van der Waals surface area contributed by atoms with E-state index < -0.39 is 0 Å². The van der Waals surface area contributed by atoms with Crippen molar-refractivity contribution in [1.82, 2.24) is 14.5 Å². The fourth-order valence-corrected chi connectivity index (χ4v) is 2.22. The van der Waals surface area contributed by atoms with Gasteiger partial charge in [0.15, 0.2) is 5.95 Å². The molecule has 1 aliphatic rings. The number of piperidine rings is 1. The third-order valence-corrected chi connectivity index (χ3v) is 3.07. The van der Waals surface area contributed by atoms with Crippen LogP contribution in [0.5, 0.6) is 0 Å². The Morgan fingerprint density at radius 1 is 1.31 bits per heavy atom. The molecule has 1 saturated heterocycles. The van der Waals surface area contributed by atoms with Crippen LogP contribution in [0.25, 0.3) is 0 Å². The molecule has 0 aromatic carbocycles. The Hall–Kier alpha value is -1.07. The van der Waals surface area contributed by atoms with E-state index in [1.54, 1.807) is 17.0 Å². The molecule has 0 aliphatic carbocycles. The molecule has 0 saturated carbocycles. The van der Waals surface area contributed by atoms with Crippen molar-refractivity contribution >= 4 is 5.95 Å². The molecule has 2 heterocycles. The highest BCUT2D eigenvalue weighted by Crippen LogP contribution is 2.10. The Bertz CT molecular complexity index is 320. The van der Waals surface area contributed by atoms with Gasteiger partial charge >= 0.3 is 0 Å². The van der Waals surface area contributed by atoms with Crippen molar-refractivity contribution in [3.63, 3.8) is 0 Å². The van der Waals surface area contributed by atoms with E-state index in [1.165, 1.54) is 19.3 Å². The van der Waals surface area contributed by atoms with Gasteiger partial charge in [0.25, 0.3) is 0 Å². The smallest absolute Gasteiger partial charge is 0.200 e. The molecule has 0 bridgehead atoms. The van der Waals surface area contributed by atoms with Gasteiger partial charge in [-0.2, -0.15) is 0 Å². The van der Waals surface area contributed by atoms with Gasteiger partial charge in [-0.3, -0.25) is 0 Å². The highest BCUT2D eigenvalue weighted by Gasteiger charge is 2.15. The van der Waals surface area contributed by atoms with Gasteiger partial charge in [-0.15, -0.1) is 0 Å². The molecule has 2 rings (SSSR count). The second kappa shape index (κ2) is 5.32. The minimum absolute atomic E-state index is 0.366. The summed E-state index contributed by atoms with van der Waals surface area (Å²) in [7, 11) is 0. The maximum atomic E-state index is 9.95. The Labute approximate surface area is 95.9 Å². The Morgan fingerprint density at radius 2 is 2.06 bits per heavy atom.